The van der Waals surface area contributed by atoms with Crippen LogP contribution in [-0.4, -0.2) is 22.6 Å². The van der Waals surface area contributed by atoms with Crippen LogP contribution in [-0.2, 0) is 3.80 Å². The van der Waals surface area contributed by atoms with Gasteiger partial charge in [0.1, 0.15) is 0 Å². The van der Waals surface area contributed by atoms with Crippen LogP contribution in [0.5, 0.6) is 0 Å². The molecule has 0 aliphatic heterocycles. The third-order valence-corrected chi connectivity index (χ3v) is 0. The molecule has 0 aliphatic carbocycles. The quantitative estimate of drug-likeness (QED) is 0.307. The molecule has 0 spiro atoms. The van der Waals surface area contributed by atoms with E-state index >= 15 is 0 Å². The van der Waals surface area contributed by atoms with Crippen LogP contribution in [0.15, 0.2) is 0 Å². The fraction of sp³-hybridized carbons (Fsp3) is 1.00. The van der Waals surface area contributed by atoms with E-state index in [-0.39, 0.29) is 0 Å². The summed E-state index contributed by atoms with van der Waals surface area (Å²) in [5.74, 6) is 0. The zero-order valence-corrected chi connectivity index (χ0v) is 4.66. The van der Waals surface area contributed by atoms with Gasteiger partial charge in [-0.2, -0.15) is 0 Å². The Bertz CT molecular complexity index is 8.00. The molecule has 0 aromatic rings. The number of alkyl halides is 1. The van der Waals surface area contributed by atoms with Crippen molar-refractivity contribution in [2.24, 2.45) is 0 Å². The normalized spacial score (nSPS) is 2.25. The van der Waals surface area contributed by atoms with E-state index in [9.17, 15) is 0 Å². The third kappa shape index (κ3) is 17.8. The van der Waals surface area contributed by atoms with Crippen LogP contribution >= 0.6 is 11.6 Å². The number of rotatable bonds is 0. The second kappa shape index (κ2) is 64.3. The Hall–Kier alpha value is 0.622. The molecule has 1 nitrogen and oxygen atoms in total. The molecule has 0 unspecified atom stereocenters. The van der Waals surface area contributed by atoms with Crippen LogP contribution in [0.1, 0.15) is 0 Å². The fourth-order valence-corrected chi connectivity index (χ4v) is 0. The maximum atomic E-state index is 8.28. The maximum absolute atomic E-state index is 8.28. The van der Waals surface area contributed by atoms with Crippen molar-refractivity contribution in [1.29, 1.82) is 0 Å². The van der Waals surface area contributed by atoms with Gasteiger partial charge in [-0.15, -0.1) is 11.6 Å². The van der Waals surface area contributed by atoms with E-state index < -0.39 is 0 Å². The van der Waals surface area contributed by atoms with E-state index in [2.05, 4.69) is 11.6 Å². The summed E-state index contributed by atoms with van der Waals surface area (Å²) >= 11 is 5.25. The van der Waals surface area contributed by atoms with Gasteiger partial charge < -0.3 is 0 Å². The van der Waals surface area contributed by atoms with Gasteiger partial charge >= 0.3 is 20.0 Å². The van der Waals surface area contributed by atoms with Gasteiger partial charge in [0, 0.05) is 6.38 Å². The first-order valence-electron chi connectivity index (χ1n) is 0.667. The number of hydrogen-bond acceptors (Lipinski definition) is 1. The van der Waals surface area contributed by atoms with Gasteiger partial charge in [0.2, 0.25) is 0 Å². The van der Waals surface area contributed by atoms with Crippen LogP contribution in [0.3, 0.4) is 0 Å². The van der Waals surface area contributed by atoms with Crippen LogP contribution in [0.4, 0.5) is 0 Å². The van der Waals surface area contributed by atoms with E-state index in [0.29, 0.717) is 16.2 Å². The number of halogens is 1. The van der Waals surface area contributed by atoms with Crippen molar-refractivity contribution in [3.8, 4) is 0 Å². The first-order valence-corrected chi connectivity index (χ1v) is 2.00. The van der Waals surface area contributed by atoms with Gasteiger partial charge in [0.15, 0.2) is 0 Å². The van der Waals surface area contributed by atoms with Gasteiger partial charge in [0.25, 0.3) is 0 Å². The van der Waals surface area contributed by atoms with Crippen molar-refractivity contribution >= 4 is 27.8 Å². The predicted octanol–water partition coefficient (Wildman–Crippen LogP) is 0.0877. The topological polar surface area (TPSA) is 17.1 Å². The van der Waals surface area contributed by atoms with Crippen LogP contribution in [0.25, 0.3) is 0 Å². The first-order chi connectivity index (χ1) is 2.00. The molecule has 0 heterocycles. The summed E-state index contributed by atoms with van der Waals surface area (Å²) in [4.78, 5) is 0. The third-order valence-electron chi connectivity index (χ3n) is 0. The average Bonchev–Trinajstić information content (AvgIpc) is 1.50. The Morgan fingerprint density at radius 3 is 1.50 bits per heavy atom. The Morgan fingerprint density at radius 1 is 1.50 bits per heavy atom. The summed E-state index contributed by atoms with van der Waals surface area (Å²) in [7, 11) is 0. The predicted molar refractivity (Wildman–Crippen MR) is 19.6 cm³/mol. The SMILES string of the molecule is CCl.[O]=[AlH]. The summed E-state index contributed by atoms with van der Waals surface area (Å²) in [6, 6.07) is 0. The van der Waals surface area contributed by atoms with Crippen molar-refractivity contribution in [2.45, 2.75) is 0 Å². The molecule has 0 N–H and O–H groups in total. The average molecular weight is 94.5 g/mol. The van der Waals surface area contributed by atoms with Crippen LogP contribution in [0, 0.1) is 0 Å². The summed E-state index contributed by atoms with van der Waals surface area (Å²) in [6.07, 6.45) is 1.47. The summed E-state index contributed by atoms with van der Waals surface area (Å²) < 4.78 is 8.28. The van der Waals surface area contributed by atoms with E-state index in [4.69, 9.17) is 3.80 Å². The number of hydrogen-bond donors (Lipinski definition) is 0. The summed E-state index contributed by atoms with van der Waals surface area (Å²) in [5, 5.41) is 0. The Kier molecular flexibility index (Phi) is 142. The molecule has 4 heavy (non-hydrogen) atoms. The Balaban J connectivity index is 0. The van der Waals surface area contributed by atoms with Gasteiger partial charge in [-0.05, 0) is 0 Å². The molecular weight excluding hydrogens is 90.4 g/mol. The molecule has 0 saturated carbocycles. The van der Waals surface area contributed by atoms with Gasteiger partial charge in [-0.25, -0.2) is 0 Å². The zero-order chi connectivity index (χ0) is 4.00. The van der Waals surface area contributed by atoms with Gasteiger partial charge in [-0.1, -0.05) is 0 Å². The first kappa shape index (κ1) is 8.82. The molecule has 0 atom stereocenters. The molecule has 0 bridgehead atoms. The van der Waals surface area contributed by atoms with Gasteiger partial charge in [0.05, 0.1) is 0 Å². The van der Waals surface area contributed by atoms with E-state index in [1.54, 1.807) is 0 Å². The summed E-state index contributed by atoms with van der Waals surface area (Å²) in [6.45, 7) is 0. The Labute approximate surface area is 38.6 Å². The molecule has 0 fully saturated rings. The zero-order valence-electron chi connectivity index (χ0n) is 2.49. The van der Waals surface area contributed by atoms with Crippen LogP contribution < -0.4 is 0 Å². The van der Waals surface area contributed by atoms with E-state index in [0.717, 1.165) is 0 Å². The molecule has 0 aromatic heterocycles. The van der Waals surface area contributed by atoms with Crippen molar-refractivity contribution in [3.05, 3.63) is 0 Å². The second-order valence-electron chi connectivity index (χ2n) is 0. The van der Waals surface area contributed by atoms with Gasteiger partial charge in [-0.3, -0.25) is 0 Å². The van der Waals surface area contributed by atoms with E-state index in [1.807, 2.05) is 0 Å². The van der Waals surface area contributed by atoms with Crippen molar-refractivity contribution in [3.63, 3.8) is 0 Å². The molecule has 0 aliphatic rings. The Morgan fingerprint density at radius 2 is 1.50 bits per heavy atom. The molecule has 0 amide bonds. The minimum absolute atomic E-state index is 0.611. The molecule has 0 radical (unpaired) electrons. The minimum atomic E-state index is 0.611. The van der Waals surface area contributed by atoms with Crippen LogP contribution in [0.2, 0.25) is 0 Å². The summed E-state index contributed by atoms with van der Waals surface area (Å²) in [5.41, 5.74) is 0. The second-order valence-corrected chi connectivity index (χ2v) is 0. The molecule has 24 valence electrons. The monoisotopic (exact) mass is 94.0 g/mol. The van der Waals surface area contributed by atoms with Crippen molar-refractivity contribution < 1.29 is 3.80 Å². The fourth-order valence-electron chi connectivity index (χ4n) is 0. The molecule has 0 rings (SSSR count). The van der Waals surface area contributed by atoms with E-state index in [1.165, 1.54) is 6.38 Å². The molecule has 0 saturated heterocycles. The molecular formula is CH4AlClO. The van der Waals surface area contributed by atoms with Crippen molar-refractivity contribution in [2.75, 3.05) is 6.38 Å². The molecule has 0 aromatic carbocycles. The standard InChI is InChI=1S/CH3Cl.Al.O.H/c1-2;;;/h1H3;;;. The van der Waals surface area contributed by atoms with Crippen molar-refractivity contribution in [1.82, 2.24) is 0 Å². The molecule has 3 heteroatoms.